The van der Waals surface area contributed by atoms with Gasteiger partial charge >= 0.3 is 0 Å². The Labute approximate surface area is 305 Å². The van der Waals surface area contributed by atoms with E-state index in [4.69, 9.17) is 0 Å². The molecule has 0 heterocycles. The molecule has 10 aromatic carbocycles. The normalized spacial score (nSPS) is 12.8. The van der Waals surface area contributed by atoms with Crippen LogP contribution < -0.4 is 0 Å². The standard InChI is InChI=1S/C52H42/c1-51(2,3)35-22-26-37-34(28-35)29-46(45-30-36(52(4,5)6)23-27-38(37)45)50-41-16-9-7-14-39(41)49(40-15-8-10-17-42(40)50)44-25-21-33-19-18-31-12-11-13-32-20-24-43(44)48(33)47(31)32/h7-30H,1-6H3. The molecule has 0 unspecified atom stereocenters. The fraction of sp³-hybridized carbons (Fsp3) is 0.154. The lowest BCUT2D eigenvalue weighted by Gasteiger charge is -2.24. The summed E-state index contributed by atoms with van der Waals surface area (Å²) in [5, 5.41) is 18.3. The lowest BCUT2D eigenvalue weighted by Crippen LogP contribution is -2.11. The molecular weight excluding hydrogens is 625 g/mol. The maximum atomic E-state index is 2.49. The highest BCUT2D eigenvalue weighted by Gasteiger charge is 2.23. The van der Waals surface area contributed by atoms with Gasteiger partial charge < -0.3 is 0 Å². The van der Waals surface area contributed by atoms with Gasteiger partial charge in [-0.2, -0.15) is 0 Å². The van der Waals surface area contributed by atoms with Crippen LogP contribution in [-0.2, 0) is 10.8 Å². The molecule has 0 bridgehead atoms. The van der Waals surface area contributed by atoms with Crippen molar-refractivity contribution in [2.75, 3.05) is 0 Å². The largest absolute Gasteiger partial charge is 0.0616 e. The van der Waals surface area contributed by atoms with Crippen molar-refractivity contribution >= 4 is 75.4 Å². The fourth-order valence-electron chi connectivity index (χ4n) is 8.96. The second kappa shape index (κ2) is 10.9. The van der Waals surface area contributed by atoms with Crippen LogP contribution >= 0.6 is 0 Å². The summed E-state index contributed by atoms with van der Waals surface area (Å²) in [5.41, 5.74) is 8.00. The third-order valence-electron chi connectivity index (χ3n) is 11.7. The number of benzene rings is 10. The maximum Gasteiger partial charge on any atom is -0.00199 e. The SMILES string of the molecule is CC(C)(C)c1ccc2c(c1)cc(-c1c3ccccc3c(-c3ccc4ccc5cccc6ccc3c4c56)c3ccccc13)c1cc(C(C)(C)C)ccc12. The van der Waals surface area contributed by atoms with Gasteiger partial charge in [-0.3, -0.25) is 0 Å². The van der Waals surface area contributed by atoms with E-state index in [1.165, 1.54) is 109 Å². The second-order valence-electron chi connectivity index (χ2n) is 16.9. The summed E-state index contributed by atoms with van der Waals surface area (Å²) >= 11 is 0. The summed E-state index contributed by atoms with van der Waals surface area (Å²) in [6, 6.07) is 55.7. The molecule has 0 fully saturated rings. The molecule has 0 radical (unpaired) electrons. The molecule has 0 nitrogen and oxygen atoms in total. The summed E-state index contributed by atoms with van der Waals surface area (Å²) in [4.78, 5) is 0. The lowest BCUT2D eigenvalue weighted by atomic mass is 9.80. The van der Waals surface area contributed by atoms with Gasteiger partial charge in [0, 0.05) is 0 Å². The number of rotatable bonds is 2. The first-order chi connectivity index (χ1) is 25.1. The Kier molecular flexibility index (Phi) is 6.50. The first-order valence-electron chi connectivity index (χ1n) is 18.7. The number of fused-ring (bicyclic) bond motifs is 5. The van der Waals surface area contributed by atoms with Gasteiger partial charge in [0.15, 0.2) is 0 Å². The zero-order chi connectivity index (χ0) is 35.5. The highest BCUT2D eigenvalue weighted by molar-refractivity contribution is 6.30. The fourth-order valence-corrected chi connectivity index (χ4v) is 8.96. The minimum atomic E-state index is 0.0273. The van der Waals surface area contributed by atoms with Crippen LogP contribution in [0, 0.1) is 0 Å². The molecule has 0 spiro atoms. The number of hydrogen-bond donors (Lipinski definition) is 0. The van der Waals surface area contributed by atoms with Gasteiger partial charge in [0.25, 0.3) is 0 Å². The van der Waals surface area contributed by atoms with Crippen LogP contribution in [0.5, 0.6) is 0 Å². The van der Waals surface area contributed by atoms with Crippen molar-refractivity contribution in [2.24, 2.45) is 0 Å². The van der Waals surface area contributed by atoms with E-state index < -0.39 is 0 Å². The molecule has 0 aliphatic heterocycles. The molecule has 0 aliphatic carbocycles. The number of hydrogen-bond acceptors (Lipinski definition) is 0. The van der Waals surface area contributed by atoms with E-state index in [0.29, 0.717) is 0 Å². The average molecular weight is 667 g/mol. The summed E-state index contributed by atoms with van der Waals surface area (Å²) in [6.07, 6.45) is 0. The van der Waals surface area contributed by atoms with Crippen molar-refractivity contribution in [3.05, 3.63) is 157 Å². The van der Waals surface area contributed by atoms with Crippen LogP contribution in [0.25, 0.3) is 97.7 Å². The molecule has 0 atom stereocenters. The molecule has 0 aliphatic rings. The van der Waals surface area contributed by atoms with Crippen LogP contribution in [0.15, 0.2) is 146 Å². The Morgan fingerprint density at radius 3 is 1.37 bits per heavy atom. The van der Waals surface area contributed by atoms with Gasteiger partial charge in [-0.05, 0) is 132 Å². The molecular formula is C52H42. The average Bonchev–Trinajstić information content (AvgIpc) is 3.14. The Morgan fingerprint density at radius 2 is 0.769 bits per heavy atom. The smallest absolute Gasteiger partial charge is 0.00199 e. The predicted molar refractivity (Wildman–Crippen MR) is 228 cm³/mol. The van der Waals surface area contributed by atoms with Crippen molar-refractivity contribution in [2.45, 2.75) is 52.4 Å². The molecule has 0 heteroatoms. The highest BCUT2D eigenvalue weighted by Crippen LogP contribution is 2.49. The van der Waals surface area contributed by atoms with E-state index in [2.05, 4.69) is 187 Å². The molecule has 250 valence electrons. The van der Waals surface area contributed by atoms with Crippen LogP contribution in [0.4, 0.5) is 0 Å². The monoisotopic (exact) mass is 666 g/mol. The van der Waals surface area contributed by atoms with Crippen LogP contribution in [0.1, 0.15) is 52.7 Å². The van der Waals surface area contributed by atoms with E-state index in [1.54, 1.807) is 0 Å². The lowest BCUT2D eigenvalue weighted by molar-refractivity contribution is 0.590. The first kappa shape index (κ1) is 31.1. The maximum absolute atomic E-state index is 2.49. The van der Waals surface area contributed by atoms with Crippen LogP contribution in [0.2, 0.25) is 0 Å². The van der Waals surface area contributed by atoms with Crippen molar-refractivity contribution in [1.29, 1.82) is 0 Å². The molecule has 0 amide bonds. The van der Waals surface area contributed by atoms with Crippen molar-refractivity contribution < 1.29 is 0 Å². The van der Waals surface area contributed by atoms with Gasteiger partial charge in [-0.15, -0.1) is 0 Å². The van der Waals surface area contributed by atoms with Crippen LogP contribution in [0.3, 0.4) is 0 Å². The Bertz CT molecular complexity index is 3000. The molecule has 0 aromatic heterocycles. The van der Waals surface area contributed by atoms with E-state index in [9.17, 15) is 0 Å². The Balaban J connectivity index is 1.37. The quantitative estimate of drug-likeness (QED) is 0.127. The first-order valence-corrected chi connectivity index (χ1v) is 18.7. The van der Waals surface area contributed by atoms with Crippen molar-refractivity contribution in [3.8, 4) is 22.3 Å². The van der Waals surface area contributed by atoms with Gasteiger partial charge in [0.2, 0.25) is 0 Å². The topological polar surface area (TPSA) is 0 Å². The second-order valence-corrected chi connectivity index (χ2v) is 16.9. The molecule has 0 saturated heterocycles. The van der Waals surface area contributed by atoms with E-state index in [-0.39, 0.29) is 10.8 Å². The highest BCUT2D eigenvalue weighted by atomic mass is 14.3. The summed E-state index contributed by atoms with van der Waals surface area (Å²) in [5.74, 6) is 0. The summed E-state index contributed by atoms with van der Waals surface area (Å²) < 4.78 is 0. The predicted octanol–water partition coefficient (Wildman–Crippen LogP) is 15.1. The van der Waals surface area contributed by atoms with E-state index in [1.807, 2.05) is 0 Å². The Hall–Kier alpha value is -5.72. The molecule has 52 heavy (non-hydrogen) atoms. The summed E-state index contributed by atoms with van der Waals surface area (Å²) in [7, 11) is 0. The minimum Gasteiger partial charge on any atom is -0.0616 e. The van der Waals surface area contributed by atoms with E-state index >= 15 is 0 Å². The summed E-state index contributed by atoms with van der Waals surface area (Å²) in [6.45, 7) is 13.9. The van der Waals surface area contributed by atoms with Gasteiger partial charge in [0.1, 0.15) is 0 Å². The third-order valence-corrected chi connectivity index (χ3v) is 11.7. The third kappa shape index (κ3) is 4.53. The van der Waals surface area contributed by atoms with Crippen LogP contribution in [-0.4, -0.2) is 0 Å². The molecule has 10 aromatic rings. The van der Waals surface area contributed by atoms with Crippen molar-refractivity contribution in [3.63, 3.8) is 0 Å². The van der Waals surface area contributed by atoms with Crippen molar-refractivity contribution in [1.82, 2.24) is 0 Å². The van der Waals surface area contributed by atoms with Gasteiger partial charge in [0.05, 0.1) is 0 Å². The molecule has 10 rings (SSSR count). The Morgan fingerprint density at radius 1 is 0.288 bits per heavy atom. The minimum absolute atomic E-state index is 0.0273. The molecule has 0 saturated carbocycles. The van der Waals surface area contributed by atoms with Gasteiger partial charge in [-0.1, -0.05) is 175 Å². The zero-order valence-corrected chi connectivity index (χ0v) is 30.9. The molecule has 0 N–H and O–H groups in total. The van der Waals surface area contributed by atoms with E-state index in [0.717, 1.165) is 0 Å². The zero-order valence-electron chi connectivity index (χ0n) is 30.9. The van der Waals surface area contributed by atoms with Gasteiger partial charge in [-0.25, -0.2) is 0 Å².